The van der Waals surface area contributed by atoms with Crippen LogP contribution in [0.5, 0.6) is 0 Å². The molecule has 0 saturated carbocycles. The smallest absolute Gasteiger partial charge is 0.325 e. The minimum absolute atomic E-state index is 0.0530. The number of benzene rings is 2. The van der Waals surface area contributed by atoms with Crippen molar-refractivity contribution in [3.63, 3.8) is 0 Å². The number of thiophene rings is 1. The number of hydrogen-bond donors (Lipinski definition) is 1. The number of carbonyl (C=O) groups excluding carboxylic acids is 2. The van der Waals surface area contributed by atoms with Crippen molar-refractivity contribution in [3.05, 3.63) is 101 Å². The zero-order valence-electron chi connectivity index (χ0n) is 20.6. The Labute approximate surface area is 222 Å². The molecule has 0 bridgehead atoms. The number of rotatable bonds is 7. The second kappa shape index (κ2) is 10.1. The molecule has 2 aromatic carbocycles. The fraction of sp³-hybridized carbons (Fsp3) is 0.179. The molecular formula is C28H24N6O3S. The summed E-state index contributed by atoms with van der Waals surface area (Å²) in [7, 11) is 0. The van der Waals surface area contributed by atoms with E-state index in [2.05, 4.69) is 21.6 Å². The van der Waals surface area contributed by atoms with Crippen molar-refractivity contribution in [2.45, 2.75) is 26.6 Å². The lowest BCUT2D eigenvalue weighted by Crippen LogP contribution is -2.28. The highest BCUT2D eigenvalue weighted by Gasteiger charge is 2.25. The van der Waals surface area contributed by atoms with Crippen LogP contribution in [0.2, 0.25) is 0 Å². The lowest BCUT2D eigenvalue weighted by molar-refractivity contribution is -0.143. The average molecular weight is 525 g/mol. The molecule has 9 nitrogen and oxygen atoms in total. The van der Waals surface area contributed by atoms with E-state index >= 15 is 0 Å². The minimum Gasteiger partial charge on any atom is -0.465 e. The molecule has 1 aliphatic heterocycles. The molecular weight excluding hydrogens is 500 g/mol. The van der Waals surface area contributed by atoms with Gasteiger partial charge in [-0.05, 0) is 30.5 Å². The number of fused-ring (bicyclic) bond motifs is 4. The van der Waals surface area contributed by atoms with Gasteiger partial charge in [-0.2, -0.15) is 0 Å². The zero-order valence-corrected chi connectivity index (χ0v) is 21.4. The van der Waals surface area contributed by atoms with Crippen LogP contribution in [-0.2, 0) is 29.2 Å². The number of para-hydroxylation sites is 1. The van der Waals surface area contributed by atoms with E-state index in [9.17, 15) is 9.59 Å². The first-order chi connectivity index (χ1) is 18.6. The maximum atomic E-state index is 13.4. The first-order valence-corrected chi connectivity index (χ1v) is 13.2. The third kappa shape index (κ3) is 4.28. The Morgan fingerprint density at radius 3 is 2.71 bits per heavy atom. The maximum absolute atomic E-state index is 13.4. The summed E-state index contributed by atoms with van der Waals surface area (Å²) in [5.74, 6) is 0.601. The standard InChI is InChI=1S/C28H24N6O3S/c1-2-37-25(35)17-33-21-11-7-6-10-19(21)14-22(33)27(36)30-16-24-32-31-23-15-29-26(18-8-4-3-5-9-18)20-12-13-38-28(20)34(23)24/h3-14H,2,15-17H2,1H3,(H,30,36). The van der Waals surface area contributed by atoms with Gasteiger partial charge in [0.15, 0.2) is 11.6 Å². The molecule has 6 rings (SSSR count). The Kier molecular flexibility index (Phi) is 6.30. The number of ether oxygens (including phenoxy) is 1. The van der Waals surface area contributed by atoms with Crippen LogP contribution in [-0.4, -0.2) is 43.5 Å². The Morgan fingerprint density at radius 1 is 1.05 bits per heavy atom. The molecule has 38 heavy (non-hydrogen) atoms. The summed E-state index contributed by atoms with van der Waals surface area (Å²) >= 11 is 1.58. The van der Waals surface area contributed by atoms with Gasteiger partial charge >= 0.3 is 5.97 Å². The fourth-order valence-corrected chi connectivity index (χ4v) is 5.63. The van der Waals surface area contributed by atoms with Crippen molar-refractivity contribution >= 4 is 39.8 Å². The molecule has 0 unspecified atom stereocenters. The number of esters is 1. The quantitative estimate of drug-likeness (QED) is 0.323. The number of aliphatic imine (C=N–C) groups is 1. The largest absolute Gasteiger partial charge is 0.465 e. The molecule has 1 N–H and O–H groups in total. The highest BCUT2D eigenvalue weighted by Crippen LogP contribution is 2.30. The lowest BCUT2D eigenvalue weighted by atomic mass is 10.0. The second-order valence-electron chi connectivity index (χ2n) is 8.70. The van der Waals surface area contributed by atoms with Crippen LogP contribution >= 0.6 is 11.3 Å². The maximum Gasteiger partial charge on any atom is 0.325 e. The van der Waals surface area contributed by atoms with Gasteiger partial charge in [0, 0.05) is 22.0 Å². The highest BCUT2D eigenvalue weighted by atomic mass is 32.1. The SMILES string of the molecule is CCOC(=O)Cn1c(C(=O)NCc2nnc3n2-c2sccc2C(c2ccccc2)=NC3)cc2ccccc21. The van der Waals surface area contributed by atoms with Gasteiger partial charge in [0.25, 0.3) is 5.91 Å². The number of nitrogens with one attached hydrogen (secondary N) is 1. The first-order valence-electron chi connectivity index (χ1n) is 12.3. The minimum atomic E-state index is -0.398. The fourth-order valence-electron chi connectivity index (χ4n) is 4.69. The number of carbonyl (C=O) groups is 2. The van der Waals surface area contributed by atoms with Crippen LogP contribution < -0.4 is 5.32 Å². The number of hydrogen-bond acceptors (Lipinski definition) is 7. The average Bonchev–Trinajstić information content (AvgIpc) is 3.64. The molecule has 1 aliphatic rings. The Morgan fingerprint density at radius 2 is 1.87 bits per heavy atom. The Hall–Kier alpha value is -4.57. The summed E-state index contributed by atoms with van der Waals surface area (Å²) < 4.78 is 8.80. The summed E-state index contributed by atoms with van der Waals surface area (Å²) in [4.78, 5) is 30.5. The molecule has 0 atom stereocenters. The molecule has 4 heterocycles. The van der Waals surface area contributed by atoms with Crippen molar-refractivity contribution in [2.75, 3.05) is 6.61 Å². The summed E-state index contributed by atoms with van der Waals surface area (Å²) in [6, 6.07) is 21.5. The van der Waals surface area contributed by atoms with Crippen molar-refractivity contribution in [3.8, 4) is 5.00 Å². The van der Waals surface area contributed by atoms with Crippen LogP contribution in [0.1, 0.15) is 40.2 Å². The molecule has 3 aromatic heterocycles. The van der Waals surface area contributed by atoms with Crippen molar-refractivity contribution in [2.24, 2.45) is 4.99 Å². The topological polar surface area (TPSA) is 103 Å². The molecule has 10 heteroatoms. The van der Waals surface area contributed by atoms with Crippen LogP contribution in [0.25, 0.3) is 15.9 Å². The summed E-state index contributed by atoms with van der Waals surface area (Å²) in [5, 5.41) is 15.6. The molecule has 0 fully saturated rings. The van der Waals surface area contributed by atoms with Crippen LogP contribution in [0.15, 0.2) is 77.1 Å². The summed E-state index contributed by atoms with van der Waals surface area (Å²) in [5.41, 5.74) is 4.11. The van der Waals surface area contributed by atoms with Crippen LogP contribution in [0.3, 0.4) is 0 Å². The molecule has 190 valence electrons. The monoisotopic (exact) mass is 524 g/mol. The highest BCUT2D eigenvalue weighted by molar-refractivity contribution is 7.13. The van der Waals surface area contributed by atoms with Crippen molar-refractivity contribution < 1.29 is 14.3 Å². The van der Waals surface area contributed by atoms with Gasteiger partial charge in [-0.3, -0.25) is 19.1 Å². The van der Waals surface area contributed by atoms with Crippen molar-refractivity contribution in [1.82, 2.24) is 24.6 Å². The van der Waals surface area contributed by atoms with E-state index in [0.29, 0.717) is 23.9 Å². The predicted octanol–water partition coefficient (Wildman–Crippen LogP) is 4.13. The van der Waals surface area contributed by atoms with Gasteiger partial charge in [0.2, 0.25) is 0 Å². The van der Waals surface area contributed by atoms with E-state index in [1.807, 2.05) is 64.5 Å². The van der Waals surface area contributed by atoms with Gasteiger partial charge in [0.05, 0.1) is 18.9 Å². The zero-order chi connectivity index (χ0) is 26.1. The molecule has 5 aromatic rings. The molecule has 1 amide bonds. The number of nitrogens with zero attached hydrogens (tertiary/aromatic N) is 5. The third-order valence-corrected chi connectivity index (χ3v) is 7.27. The normalized spacial score (nSPS) is 12.4. The first kappa shape index (κ1) is 23.8. The molecule has 0 spiro atoms. The van der Waals surface area contributed by atoms with Gasteiger partial charge in [0.1, 0.15) is 23.8 Å². The van der Waals surface area contributed by atoms with E-state index in [1.165, 1.54) is 0 Å². The van der Waals surface area contributed by atoms with Crippen molar-refractivity contribution in [1.29, 1.82) is 0 Å². The van der Waals surface area contributed by atoms with Crippen LogP contribution in [0, 0.1) is 0 Å². The number of amides is 1. The van der Waals surface area contributed by atoms with Gasteiger partial charge in [-0.25, -0.2) is 0 Å². The molecule has 0 radical (unpaired) electrons. The Bertz CT molecular complexity index is 1680. The predicted molar refractivity (Wildman–Crippen MR) is 145 cm³/mol. The van der Waals surface area contributed by atoms with E-state index in [0.717, 1.165) is 32.7 Å². The number of aromatic nitrogens is 4. The summed E-state index contributed by atoms with van der Waals surface area (Å²) in [6.45, 7) is 2.51. The van der Waals surface area contributed by atoms with Gasteiger partial charge < -0.3 is 14.6 Å². The van der Waals surface area contributed by atoms with Gasteiger partial charge in [-0.1, -0.05) is 48.5 Å². The third-order valence-electron chi connectivity index (χ3n) is 6.37. The van der Waals surface area contributed by atoms with E-state index < -0.39 is 5.97 Å². The van der Waals surface area contributed by atoms with E-state index in [1.54, 1.807) is 28.9 Å². The molecule has 0 saturated heterocycles. The molecule has 0 aliphatic carbocycles. The summed E-state index contributed by atoms with van der Waals surface area (Å²) in [6.07, 6.45) is 0. The lowest BCUT2D eigenvalue weighted by Gasteiger charge is -2.12. The van der Waals surface area contributed by atoms with Crippen LogP contribution in [0.4, 0.5) is 0 Å². The van der Waals surface area contributed by atoms with E-state index in [4.69, 9.17) is 9.73 Å². The Balaban J connectivity index is 1.28. The van der Waals surface area contributed by atoms with E-state index in [-0.39, 0.29) is 25.6 Å². The van der Waals surface area contributed by atoms with Gasteiger partial charge in [-0.15, -0.1) is 21.5 Å². The second-order valence-corrected chi connectivity index (χ2v) is 9.59.